The molecule has 2 N–H and O–H groups in total. The van der Waals surface area contributed by atoms with Gasteiger partial charge in [-0.05, 0) is 38.0 Å². The van der Waals surface area contributed by atoms with Gasteiger partial charge >= 0.3 is 11.8 Å². The molecule has 2 amide bonds. The van der Waals surface area contributed by atoms with Crippen molar-refractivity contribution in [3.05, 3.63) is 41.2 Å². The highest BCUT2D eigenvalue weighted by molar-refractivity contribution is 6.39. The van der Waals surface area contributed by atoms with E-state index in [1.54, 1.807) is 25.8 Å². The van der Waals surface area contributed by atoms with Crippen LogP contribution in [0.2, 0.25) is 0 Å². The van der Waals surface area contributed by atoms with Gasteiger partial charge in [-0.1, -0.05) is 12.1 Å². The first-order chi connectivity index (χ1) is 11.4. The van der Waals surface area contributed by atoms with Crippen molar-refractivity contribution >= 4 is 17.5 Å². The number of methoxy groups -OCH3 is 1. The van der Waals surface area contributed by atoms with E-state index in [1.165, 1.54) is 0 Å². The maximum atomic E-state index is 12.0. The molecule has 0 saturated carbocycles. The summed E-state index contributed by atoms with van der Waals surface area (Å²) in [4.78, 5) is 23.9. The van der Waals surface area contributed by atoms with Gasteiger partial charge in [0.25, 0.3) is 0 Å². The van der Waals surface area contributed by atoms with E-state index in [2.05, 4.69) is 15.7 Å². The lowest BCUT2D eigenvalue weighted by Crippen LogP contribution is -2.36. The second-order valence-corrected chi connectivity index (χ2v) is 5.48. The first-order valence-electron chi connectivity index (χ1n) is 7.64. The molecule has 0 unspecified atom stereocenters. The van der Waals surface area contributed by atoms with Crippen LogP contribution in [-0.4, -0.2) is 35.2 Å². The number of hydrogen-bond acceptors (Lipinski definition) is 4. The van der Waals surface area contributed by atoms with Crippen molar-refractivity contribution in [1.82, 2.24) is 15.1 Å². The number of hydrogen-bond donors (Lipinski definition) is 2. The molecule has 0 fully saturated rings. The Hall–Kier alpha value is -2.83. The Morgan fingerprint density at radius 3 is 2.38 bits per heavy atom. The fourth-order valence-electron chi connectivity index (χ4n) is 2.32. The van der Waals surface area contributed by atoms with Gasteiger partial charge in [-0.25, -0.2) is 0 Å². The molecule has 0 aliphatic rings. The zero-order valence-electron chi connectivity index (χ0n) is 14.3. The van der Waals surface area contributed by atoms with Crippen molar-refractivity contribution in [2.75, 3.05) is 19.0 Å². The van der Waals surface area contributed by atoms with Crippen molar-refractivity contribution in [3.63, 3.8) is 0 Å². The van der Waals surface area contributed by atoms with Crippen molar-refractivity contribution in [3.8, 4) is 5.75 Å². The lowest BCUT2D eigenvalue weighted by molar-refractivity contribution is -0.136. The van der Waals surface area contributed by atoms with Crippen LogP contribution >= 0.6 is 0 Å². The van der Waals surface area contributed by atoms with Gasteiger partial charge in [0, 0.05) is 13.6 Å². The Bertz CT molecular complexity index is 735. The molecule has 1 heterocycles. The van der Waals surface area contributed by atoms with Crippen molar-refractivity contribution in [1.29, 1.82) is 0 Å². The van der Waals surface area contributed by atoms with Gasteiger partial charge in [0.1, 0.15) is 5.75 Å². The number of carbonyl (C=O) groups is 2. The maximum absolute atomic E-state index is 12.0. The number of carbonyl (C=O) groups excluding carboxylic acids is 2. The van der Waals surface area contributed by atoms with Crippen LogP contribution in [-0.2, 0) is 23.1 Å². The molecule has 7 heteroatoms. The Morgan fingerprint density at radius 1 is 1.17 bits per heavy atom. The molecule has 7 nitrogen and oxygen atoms in total. The first kappa shape index (κ1) is 17.5. The van der Waals surface area contributed by atoms with Crippen LogP contribution < -0.4 is 15.4 Å². The molecule has 2 rings (SSSR count). The number of rotatable bonds is 5. The number of aryl methyl sites for hydroxylation is 2. The van der Waals surface area contributed by atoms with Gasteiger partial charge in [0.2, 0.25) is 0 Å². The number of anilines is 1. The molecule has 0 spiro atoms. The van der Waals surface area contributed by atoms with Crippen LogP contribution in [0.15, 0.2) is 24.3 Å². The fourth-order valence-corrected chi connectivity index (χ4v) is 2.32. The van der Waals surface area contributed by atoms with E-state index >= 15 is 0 Å². The van der Waals surface area contributed by atoms with E-state index in [0.717, 1.165) is 17.0 Å². The summed E-state index contributed by atoms with van der Waals surface area (Å²) in [5.74, 6) is -0.570. The Kier molecular flexibility index (Phi) is 5.57. The minimum absolute atomic E-state index is 0.379. The summed E-state index contributed by atoms with van der Waals surface area (Å²) in [5, 5.41) is 9.43. The van der Waals surface area contributed by atoms with Gasteiger partial charge in [-0.3, -0.25) is 14.3 Å². The van der Waals surface area contributed by atoms with Gasteiger partial charge in [0.15, 0.2) is 0 Å². The third kappa shape index (κ3) is 4.13. The lowest BCUT2D eigenvalue weighted by atomic mass is 10.1. The van der Waals surface area contributed by atoms with Crippen LogP contribution in [0.5, 0.6) is 5.75 Å². The highest BCUT2D eigenvalue weighted by atomic mass is 16.5. The van der Waals surface area contributed by atoms with E-state index in [1.807, 2.05) is 31.2 Å². The Balaban J connectivity index is 1.84. The Labute approximate surface area is 141 Å². The van der Waals surface area contributed by atoms with Gasteiger partial charge < -0.3 is 15.4 Å². The van der Waals surface area contributed by atoms with Crippen LogP contribution in [0.3, 0.4) is 0 Å². The molecule has 2 aromatic rings. The molecule has 0 radical (unpaired) electrons. The number of amides is 2. The normalized spacial score (nSPS) is 10.3. The molecule has 0 atom stereocenters. The summed E-state index contributed by atoms with van der Waals surface area (Å²) < 4.78 is 6.75. The van der Waals surface area contributed by atoms with Crippen molar-refractivity contribution < 1.29 is 14.3 Å². The van der Waals surface area contributed by atoms with Gasteiger partial charge in [0.05, 0.1) is 24.2 Å². The zero-order chi connectivity index (χ0) is 17.7. The van der Waals surface area contributed by atoms with Crippen molar-refractivity contribution in [2.24, 2.45) is 7.05 Å². The number of benzene rings is 1. The van der Waals surface area contributed by atoms with E-state index in [0.29, 0.717) is 24.3 Å². The molecule has 0 bridgehead atoms. The monoisotopic (exact) mass is 330 g/mol. The molecule has 0 saturated heterocycles. The summed E-state index contributed by atoms with van der Waals surface area (Å²) in [6.45, 7) is 3.99. The van der Waals surface area contributed by atoms with Crippen LogP contribution in [0, 0.1) is 13.8 Å². The molecule has 1 aromatic heterocycles. The molecule has 1 aromatic carbocycles. The lowest BCUT2D eigenvalue weighted by Gasteiger charge is -2.07. The average molecular weight is 330 g/mol. The summed E-state index contributed by atoms with van der Waals surface area (Å²) in [7, 11) is 3.40. The first-order valence-corrected chi connectivity index (χ1v) is 7.64. The minimum Gasteiger partial charge on any atom is -0.497 e. The standard InChI is InChI=1S/C17H22N4O3/c1-11-15(12(2)21(3)20-11)19-17(23)16(22)18-10-9-13-5-7-14(24-4)8-6-13/h5-8H,9-10H2,1-4H3,(H,18,22)(H,19,23). The largest absolute Gasteiger partial charge is 0.497 e. The second kappa shape index (κ2) is 7.63. The smallest absolute Gasteiger partial charge is 0.313 e. The summed E-state index contributed by atoms with van der Waals surface area (Å²) in [6.07, 6.45) is 0.633. The predicted molar refractivity (Wildman–Crippen MR) is 91.0 cm³/mol. The summed E-state index contributed by atoms with van der Waals surface area (Å²) in [5.41, 5.74) is 3.10. The third-order valence-corrected chi connectivity index (χ3v) is 3.81. The van der Waals surface area contributed by atoms with E-state index < -0.39 is 11.8 Å². The Morgan fingerprint density at radius 2 is 1.83 bits per heavy atom. The predicted octanol–water partition coefficient (Wildman–Crippen LogP) is 1.34. The highest BCUT2D eigenvalue weighted by Gasteiger charge is 2.17. The molecule has 0 aliphatic heterocycles. The number of ether oxygens (including phenoxy) is 1. The minimum atomic E-state index is -0.691. The quantitative estimate of drug-likeness (QED) is 0.810. The molecule has 128 valence electrons. The average Bonchev–Trinajstić information content (AvgIpc) is 2.81. The second-order valence-electron chi connectivity index (χ2n) is 5.48. The van der Waals surface area contributed by atoms with Crippen LogP contribution in [0.25, 0.3) is 0 Å². The SMILES string of the molecule is COc1ccc(CCNC(=O)C(=O)Nc2c(C)nn(C)c2C)cc1. The van der Waals surface area contributed by atoms with Crippen LogP contribution in [0.4, 0.5) is 5.69 Å². The summed E-state index contributed by atoms with van der Waals surface area (Å²) >= 11 is 0. The fraction of sp³-hybridized carbons (Fsp3) is 0.353. The molecule has 0 aliphatic carbocycles. The molecular weight excluding hydrogens is 308 g/mol. The highest BCUT2D eigenvalue weighted by Crippen LogP contribution is 2.18. The number of nitrogens with one attached hydrogen (secondary N) is 2. The van der Waals surface area contributed by atoms with E-state index in [-0.39, 0.29) is 0 Å². The molecule has 24 heavy (non-hydrogen) atoms. The topological polar surface area (TPSA) is 85.2 Å². The number of aromatic nitrogens is 2. The maximum Gasteiger partial charge on any atom is 0.313 e. The van der Waals surface area contributed by atoms with E-state index in [9.17, 15) is 9.59 Å². The molecular formula is C17H22N4O3. The van der Waals surface area contributed by atoms with Crippen molar-refractivity contribution in [2.45, 2.75) is 20.3 Å². The third-order valence-electron chi connectivity index (χ3n) is 3.81. The van der Waals surface area contributed by atoms with Gasteiger partial charge in [-0.15, -0.1) is 0 Å². The van der Waals surface area contributed by atoms with Crippen LogP contribution in [0.1, 0.15) is 17.0 Å². The van der Waals surface area contributed by atoms with Gasteiger partial charge in [-0.2, -0.15) is 5.10 Å². The number of nitrogens with zero attached hydrogens (tertiary/aromatic N) is 2. The summed E-state index contributed by atoms with van der Waals surface area (Å²) in [6, 6.07) is 7.57. The zero-order valence-corrected chi connectivity index (χ0v) is 14.3. The van der Waals surface area contributed by atoms with E-state index in [4.69, 9.17) is 4.74 Å².